The average Bonchev–Trinajstić information content (AvgIpc) is 2.59. The third-order valence-electron chi connectivity index (χ3n) is 3.69. The van der Waals surface area contributed by atoms with Gasteiger partial charge in [0.15, 0.2) is 6.61 Å². The Kier molecular flexibility index (Phi) is 6.32. The Labute approximate surface area is 142 Å². The zero-order valence-electron chi connectivity index (χ0n) is 14.0. The second kappa shape index (κ2) is 8.68. The number of carbonyl (C=O) groups is 1. The lowest BCUT2D eigenvalue weighted by atomic mass is 10.1. The Balaban J connectivity index is 2.03. The van der Waals surface area contributed by atoms with Crippen molar-refractivity contribution in [1.82, 2.24) is 9.88 Å². The molecule has 0 bridgehead atoms. The number of para-hydroxylation sites is 1. The van der Waals surface area contributed by atoms with Crippen LogP contribution in [0.4, 0.5) is 0 Å². The number of rotatable bonds is 7. The van der Waals surface area contributed by atoms with Gasteiger partial charge in [0.25, 0.3) is 5.91 Å². The van der Waals surface area contributed by atoms with Crippen molar-refractivity contribution in [1.29, 1.82) is 5.26 Å². The largest absolute Gasteiger partial charge is 0.483 e. The van der Waals surface area contributed by atoms with E-state index in [0.29, 0.717) is 13.1 Å². The molecule has 2 rings (SSSR count). The third-order valence-corrected chi connectivity index (χ3v) is 3.69. The van der Waals surface area contributed by atoms with Gasteiger partial charge in [-0.3, -0.25) is 9.78 Å². The highest BCUT2D eigenvalue weighted by Gasteiger charge is 2.15. The second-order valence-electron chi connectivity index (χ2n) is 5.59. The van der Waals surface area contributed by atoms with Gasteiger partial charge < -0.3 is 9.64 Å². The van der Waals surface area contributed by atoms with E-state index in [1.54, 1.807) is 17.3 Å². The van der Waals surface area contributed by atoms with E-state index in [2.05, 4.69) is 11.1 Å². The molecule has 1 aromatic carbocycles. The minimum absolute atomic E-state index is 0.0443. The van der Waals surface area contributed by atoms with Crippen LogP contribution in [0.2, 0.25) is 0 Å². The van der Waals surface area contributed by atoms with Crippen LogP contribution in [-0.4, -0.2) is 28.9 Å². The average molecular weight is 323 g/mol. The Morgan fingerprint density at radius 1 is 1.25 bits per heavy atom. The fraction of sp³-hybridized carbons (Fsp3) is 0.316. The number of nitriles is 1. The maximum absolute atomic E-state index is 12.5. The van der Waals surface area contributed by atoms with Crippen molar-refractivity contribution >= 4 is 5.91 Å². The summed E-state index contributed by atoms with van der Waals surface area (Å²) in [7, 11) is 0. The van der Waals surface area contributed by atoms with Crippen LogP contribution in [0.25, 0.3) is 0 Å². The maximum atomic E-state index is 12.5. The minimum Gasteiger partial charge on any atom is -0.483 e. The molecule has 0 saturated heterocycles. The Bertz CT molecular complexity index is 703. The van der Waals surface area contributed by atoms with E-state index < -0.39 is 0 Å². The summed E-state index contributed by atoms with van der Waals surface area (Å²) in [5.41, 5.74) is 2.92. The van der Waals surface area contributed by atoms with Crippen LogP contribution in [0.1, 0.15) is 23.1 Å². The van der Waals surface area contributed by atoms with Crippen molar-refractivity contribution in [3.05, 3.63) is 59.4 Å². The zero-order chi connectivity index (χ0) is 17.4. The lowest BCUT2D eigenvalue weighted by Gasteiger charge is -2.22. The Morgan fingerprint density at radius 2 is 2.00 bits per heavy atom. The number of amides is 1. The number of ether oxygens (including phenoxy) is 1. The van der Waals surface area contributed by atoms with Gasteiger partial charge in [0.05, 0.1) is 12.5 Å². The number of aryl methyl sites for hydroxylation is 2. The molecule has 0 aliphatic carbocycles. The van der Waals surface area contributed by atoms with Gasteiger partial charge in [0.1, 0.15) is 5.75 Å². The molecule has 124 valence electrons. The molecule has 24 heavy (non-hydrogen) atoms. The number of carbonyl (C=O) groups excluding carboxylic acids is 1. The summed E-state index contributed by atoms with van der Waals surface area (Å²) < 4.78 is 5.74. The van der Waals surface area contributed by atoms with Crippen molar-refractivity contribution in [3.8, 4) is 11.8 Å². The first kappa shape index (κ1) is 17.5. The van der Waals surface area contributed by atoms with Crippen LogP contribution in [0.5, 0.6) is 5.75 Å². The molecule has 0 aliphatic rings. The predicted octanol–water partition coefficient (Wildman–Crippen LogP) is 3.02. The first-order valence-corrected chi connectivity index (χ1v) is 7.84. The Hall–Kier alpha value is -2.87. The van der Waals surface area contributed by atoms with Gasteiger partial charge in [-0.15, -0.1) is 0 Å². The first-order valence-electron chi connectivity index (χ1n) is 7.84. The fourth-order valence-corrected chi connectivity index (χ4v) is 2.44. The molecule has 0 radical (unpaired) electrons. The fourth-order valence-electron chi connectivity index (χ4n) is 2.44. The molecule has 5 heteroatoms. The van der Waals surface area contributed by atoms with E-state index in [1.807, 2.05) is 44.2 Å². The van der Waals surface area contributed by atoms with Gasteiger partial charge in [-0.25, -0.2) is 0 Å². The zero-order valence-corrected chi connectivity index (χ0v) is 14.0. The molecule has 5 nitrogen and oxygen atoms in total. The van der Waals surface area contributed by atoms with E-state index in [9.17, 15) is 4.79 Å². The smallest absolute Gasteiger partial charge is 0.260 e. The van der Waals surface area contributed by atoms with Gasteiger partial charge in [-0.05, 0) is 36.6 Å². The molecule has 0 N–H and O–H groups in total. The highest BCUT2D eigenvalue weighted by molar-refractivity contribution is 5.77. The molecule has 0 saturated carbocycles. The number of hydrogen-bond acceptors (Lipinski definition) is 4. The highest BCUT2D eigenvalue weighted by Crippen LogP contribution is 2.22. The van der Waals surface area contributed by atoms with Crippen LogP contribution in [-0.2, 0) is 11.3 Å². The van der Waals surface area contributed by atoms with Crippen molar-refractivity contribution in [2.45, 2.75) is 26.8 Å². The van der Waals surface area contributed by atoms with Crippen LogP contribution in [0.3, 0.4) is 0 Å². The summed E-state index contributed by atoms with van der Waals surface area (Å²) in [6.45, 7) is 4.66. The van der Waals surface area contributed by atoms with Crippen LogP contribution in [0.15, 0.2) is 42.7 Å². The summed E-state index contributed by atoms with van der Waals surface area (Å²) in [5.74, 6) is 0.601. The summed E-state index contributed by atoms with van der Waals surface area (Å²) in [6.07, 6.45) is 3.70. The minimum atomic E-state index is -0.142. The standard InChI is InChI=1S/C19H21N3O2/c1-15-6-3-7-16(2)19(15)24-14-18(23)22(11-5-9-20)13-17-8-4-10-21-12-17/h3-4,6-8,10,12H,5,11,13-14H2,1-2H3. The lowest BCUT2D eigenvalue weighted by Crippen LogP contribution is -2.35. The number of nitrogens with zero attached hydrogens (tertiary/aromatic N) is 3. The normalized spacial score (nSPS) is 10.0. The molecule has 0 aliphatic heterocycles. The summed E-state index contributed by atoms with van der Waals surface area (Å²) >= 11 is 0. The lowest BCUT2D eigenvalue weighted by molar-refractivity contribution is -0.133. The number of aromatic nitrogens is 1. The van der Waals surface area contributed by atoms with Crippen LogP contribution < -0.4 is 4.74 Å². The second-order valence-corrected chi connectivity index (χ2v) is 5.59. The van der Waals surface area contributed by atoms with Crippen LogP contribution >= 0.6 is 0 Å². The molecule has 0 spiro atoms. The SMILES string of the molecule is Cc1cccc(C)c1OCC(=O)N(CCC#N)Cc1cccnc1. The molecule has 0 fully saturated rings. The molecular formula is C19H21N3O2. The monoisotopic (exact) mass is 323 g/mol. The van der Waals surface area contributed by atoms with Gasteiger partial charge in [0.2, 0.25) is 0 Å². The Morgan fingerprint density at radius 3 is 2.62 bits per heavy atom. The van der Waals surface area contributed by atoms with E-state index in [1.165, 1.54) is 0 Å². The van der Waals surface area contributed by atoms with E-state index in [-0.39, 0.29) is 18.9 Å². The number of hydrogen-bond donors (Lipinski definition) is 0. The van der Waals surface area contributed by atoms with E-state index >= 15 is 0 Å². The molecular weight excluding hydrogens is 302 g/mol. The molecule has 1 heterocycles. The predicted molar refractivity (Wildman–Crippen MR) is 91.3 cm³/mol. The van der Waals surface area contributed by atoms with E-state index in [0.717, 1.165) is 22.4 Å². The quantitative estimate of drug-likeness (QED) is 0.785. The van der Waals surface area contributed by atoms with Gasteiger partial charge in [-0.1, -0.05) is 24.3 Å². The van der Waals surface area contributed by atoms with Crippen molar-refractivity contribution in [3.63, 3.8) is 0 Å². The molecule has 2 aromatic rings. The molecule has 0 unspecified atom stereocenters. The van der Waals surface area contributed by atoms with Crippen molar-refractivity contribution in [2.75, 3.05) is 13.2 Å². The molecule has 1 aromatic heterocycles. The van der Waals surface area contributed by atoms with Crippen LogP contribution in [0, 0.1) is 25.2 Å². The molecule has 1 amide bonds. The van der Waals surface area contributed by atoms with Crippen molar-refractivity contribution in [2.24, 2.45) is 0 Å². The van der Waals surface area contributed by atoms with Crippen molar-refractivity contribution < 1.29 is 9.53 Å². The molecule has 0 atom stereocenters. The number of benzene rings is 1. The van der Waals surface area contributed by atoms with Gasteiger partial charge >= 0.3 is 0 Å². The first-order chi connectivity index (χ1) is 11.6. The maximum Gasteiger partial charge on any atom is 0.260 e. The summed E-state index contributed by atoms with van der Waals surface area (Å²) in [5, 5.41) is 8.81. The van der Waals surface area contributed by atoms with Gasteiger partial charge in [-0.2, -0.15) is 5.26 Å². The highest BCUT2D eigenvalue weighted by atomic mass is 16.5. The third kappa shape index (κ3) is 4.82. The number of pyridine rings is 1. The van der Waals surface area contributed by atoms with Gasteiger partial charge in [0, 0.05) is 25.5 Å². The van der Waals surface area contributed by atoms with E-state index in [4.69, 9.17) is 10.00 Å². The summed E-state index contributed by atoms with van der Waals surface area (Å²) in [4.78, 5) is 18.2. The topological polar surface area (TPSA) is 66.2 Å². The summed E-state index contributed by atoms with van der Waals surface area (Å²) in [6, 6.07) is 11.7.